The number of guanidine groups is 1. The highest BCUT2D eigenvalue weighted by atomic mass is 15.3. The first kappa shape index (κ1) is 21.4. The lowest BCUT2D eigenvalue weighted by Gasteiger charge is -2.35. The molecule has 1 aliphatic rings. The Morgan fingerprint density at radius 1 is 1.21 bits per heavy atom. The van der Waals surface area contributed by atoms with Crippen molar-refractivity contribution in [3.05, 3.63) is 53.9 Å². The standard InChI is InChI=1S/C23H36N6/c1-4-24-23(25-15-20-9-7-13-28(17-20)19(2)3)26-16-21-10-5-6-11-22(21)18-29-14-8-12-27-29/h5-6,8,10-12,14,19-20H,4,7,9,13,15-18H2,1-3H3,(H2,24,25,26). The van der Waals surface area contributed by atoms with E-state index >= 15 is 0 Å². The fourth-order valence-electron chi connectivity index (χ4n) is 3.91. The second-order valence-electron chi connectivity index (χ2n) is 8.15. The van der Waals surface area contributed by atoms with Gasteiger partial charge in [-0.3, -0.25) is 4.68 Å². The first-order valence-corrected chi connectivity index (χ1v) is 11.0. The van der Waals surface area contributed by atoms with Crippen LogP contribution in [0.1, 0.15) is 44.7 Å². The van der Waals surface area contributed by atoms with E-state index in [-0.39, 0.29) is 0 Å². The lowest BCUT2D eigenvalue weighted by atomic mass is 9.97. The summed E-state index contributed by atoms with van der Waals surface area (Å²) in [5.74, 6) is 1.59. The van der Waals surface area contributed by atoms with Gasteiger partial charge in [0.25, 0.3) is 0 Å². The molecule has 1 unspecified atom stereocenters. The molecular formula is C23H36N6. The largest absolute Gasteiger partial charge is 0.357 e. The maximum Gasteiger partial charge on any atom is 0.191 e. The van der Waals surface area contributed by atoms with Crippen LogP contribution in [0.2, 0.25) is 0 Å². The lowest BCUT2D eigenvalue weighted by molar-refractivity contribution is 0.141. The van der Waals surface area contributed by atoms with Gasteiger partial charge in [-0.25, -0.2) is 4.99 Å². The summed E-state index contributed by atoms with van der Waals surface area (Å²) in [5.41, 5.74) is 2.50. The summed E-state index contributed by atoms with van der Waals surface area (Å²) in [4.78, 5) is 7.45. The first-order valence-electron chi connectivity index (χ1n) is 11.0. The summed E-state index contributed by atoms with van der Waals surface area (Å²) in [6.45, 7) is 12.4. The van der Waals surface area contributed by atoms with Crippen molar-refractivity contribution < 1.29 is 0 Å². The highest BCUT2D eigenvalue weighted by Gasteiger charge is 2.21. The molecule has 1 aromatic carbocycles. The number of hydrogen-bond acceptors (Lipinski definition) is 3. The van der Waals surface area contributed by atoms with E-state index in [0.717, 1.165) is 25.6 Å². The number of aromatic nitrogens is 2. The Morgan fingerprint density at radius 3 is 2.76 bits per heavy atom. The van der Waals surface area contributed by atoms with E-state index in [9.17, 15) is 0 Å². The van der Waals surface area contributed by atoms with Gasteiger partial charge < -0.3 is 15.5 Å². The third kappa shape index (κ3) is 6.60. The number of nitrogens with one attached hydrogen (secondary N) is 2. The third-order valence-corrected chi connectivity index (χ3v) is 5.60. The number of aliphatic imine (C=N–C) groups is 1. The molecule has 29 heavy (non-hydrogen) atoms. The molecule has 0 radical (unpaired) electrons. The first-order chi connectivity index (χ1) is 14.2. The number of likely N-dealkylation sites (tertiary alicyclic amines) is 1. The minimum atomic E-state index is 0.631. The van der Waals surface area contributed by atoms with Crippen molar-refractivity contribution in [1.29, 1.82) is 0 Å². The normalized spacial score (nSPS) is 18.2. The number of nitrogens with zero attached hydrogens (tertiary/aromatic N) is 4. The third-order valence-electron chi connectivity index (χ3n) is 5.60. The number of rotatable bonds is 8. The van der Waals surface area contributed by atoms with Crippen LogP contribution in [0.25, 0.3) is 0 Å². The maximum absolute atomic E-state index is 4.86. The van der Waals surface area contributed by atoms with Crippen molar-refractivity contribution in [2.45, 2.75) is 52.7 Å². The van der Waals surface area contributed by atoms with Crippen molar-refractivity contribution in [3.63, 3.8) is 0 Å². The maximum atomic E-state index is 4.86. The Morgan fingerprint density at radius 2 is 2.03 bits per heavy atom. The summed E-state index contributed by atoms with van der Waals surface area (Å²) >= 11 is 0. The van der Waals surface area contributed by atoms with Gasteiger partial charge in [-0.1, -0.05) is 24.3 Å². The van der Waals surface area contributed by atoms with Crippen LogP contribution in [0.5, 0.6) is 0 Å². The number of hydrogen-bond donors (Lipinski definition) is 2. The monoisotopic (exact) mass is 396 g/mol. The molecule has 0 aliphatic carbocycles. The van der Waals surface area contributed by atoms with E-state index < -0.39 is 0 Å². The minimum absolute atomic E-state index is 0.631. The van der Waals surface area contributed by atoms with Gasteiger partial charge in [0.15, 0.2) is 5.96 Å². The van der Waals surface area contributed by atoms with Crippen molar-refractivity contribution in [1.82, 2.24) is 25.3 Å². The Balaban J connectivity index is 1.59. The summed E-state index contributed by atoms with van der Waals surface area (Å²) in [6.07, 6.45) is 6.40. The van der Waals surface area contributed by atoms with E-state index in [4.69, 9.17) is 4.99 Å². The molecule has 2 aromatic rings. The van der Waals surface area contributed by atoms with Gasteiger partial charge in [-0.2, -0.15) is 5.10 Å². The smallest absolute Gasteiger partial charge is 0.191 e. The van der Waals surface area contributed by atoms with Crippen LogP contribution in [-0.2, 0) is 13.1 Å². The van der Waals surface area contributed by atoms with Crippen LogP contribution in [0.3, 0.4) is 0 Å². The average molecular weight is 397 g/mol. The highest BCUT2D eigenvalue weighted by molar-refractivity contribution is 5.79. The van der Waals surface area contributed by atoms with E-state index in [0.29, 0.717) is 18.5 Å². The average Bonchev–Trinajstić information content (AvgIpc) is 3.24. The van der Waals surface area contributed by atoms with Crippen LogP contribution in [0.15, 0.2) is 47.7 Å². The van der Waals surface area contributed by atoms with E-state index in [1.54, 1.807) is 0 Å². The Labute approximate surface area is 175 Å². The Hall–Kier alpha value is -2.34. The predicted molar refractivity (Wildman–Crippen MR) is 120 cm³/mol. The van der Waals surface area contributed by atoms with Gasteiger partial charge in [-0.05, 0) is 63.3 Å². The zero-order chi connectivity index (χ0) is 20.5. The summed E-state index contributed by atoms with van der Waals surface area (Å²) in [7, 11) is 0. The van der Waals surface area contributed by atoms with E-state index in [1.807, 2.05) is 23.1 Å². The van der Waals surface area contributed by atoms with Crippen molar-refractivity contribution in [3.8, 4) is 0 Å². The molecular weight excluding hydrogens is 360 g/mol. The van der Waals surface area contributed by atoms with Crippen LogP contribution in [0, 0.1) is 5.92 Å². The molecule has 1 atom stereocenters. The second kappa shape index (κ2) is 11.0. The molecule has 3 rings (SSSR count). The molecule has 1 fully saturated rings. The molecule has 6 heteroatoms. The summed E-state index contributed by atoms with van der Waals surface area (Å²) in [6, 6.07) is 11.1. The molecule has 1 saturated heterocycles. The molecule has 1 aliphatic heterocycles. The van der Waals surface area contributed by atoms with Gasteiger partial charge >= 0.3 is 0 Å². The van der Waals surface area contributed by atoms with Crippen LogP contribution >= 0.6 is 0 Å². The second-order valence-corrected chi connectivity index (χ2v) is 8.15. The fraction of sp³-hybridized carbons (Fsp3) is 0.565. The highest BCUT2D eigenvalue weighted by Crippen LogP contribution is 2.17. The van der Waals surface area contributed by atoms with Gasteiger partial charge in [-0.15, -0.1) is 0 Å². The minimum Gasteiger partial charge on any atom is -0.357 e. The van der Waals surface area contributed by atoms with Crippen LogP contribution in [-0.4, -0.2) is 52.9 Å². The zero-order valence-electron chi connectivity index (χ0n) is 18.1. The molecule has 6 nitrogen and oxygen atoms in total. The molecule has 0 amide bonds. The van der Waals surface area contributed by atoms with Crippen molar-refractivity contribution >= 4 is 5.96 Å². The number of benzene rings is 1. The molecule has 0 bridgehead atoms. The van der Waals surface area contributed by atoms with Gasteiger partial charge in [0.05, 0.1) is 13.1 Å². The molecule has 158 valence electrons. The molecule has 2 N–H and O–H groups in total. The van der Waals surface area contributed by atoms with Crippen molar-refractivity contribution in [2.24, 2.45) is 10.9 Å². The van der Waals surface area contributed by atoms with E-state index in [2.05, 4.69) is 65.7 Å². The number of piperidine rings is 1. The van der Waals surface area contributed by atoms with Crippen LogP contribution in [0.4, 0.5) is 0 Å². The predicted octanol–water partition coefficient (Wildman–Crippen LogP) is 3.11. The topological polar surface area (TPSA) is 57.5 Å². The SMILES string of the molecule is CCNC(=NCc1ccccc1Cn1cccn1)NCC1CCCN(C(C)C)C1. The van der Waals surface area contributed by atoms with Gasteiger partial charge in [0.2, 0.25) is 0 Å². The summed E-state index contributed by atoms with van der Waals surface area (Å²) in [5, 5.41) is 11.3. The van der Waals surface area contributed by atoms with Crippen molar-refractivity contribution in [2.75, 3.05) is 26.2 Å². The lowest BCUT2D eigenvalue weighted by Crippen LogP contribution is -2.46. The zero-order valence-corrected chi connectivity index (χ0v) is 18.1. The van der Waals surface area contributed by atoms with Gasteiger partial charge in [0, 0.05) is 38.1 Å². The molecule has 0 saturated carbocycles. The Bertz CT molecular complexity index is 752. The molecule has 1 aromatic heterocycles. The summed E-state index contributed by atoms with van der Waals surface area (Å²) < 4.78 is 1.95. The van der Waals surface area contributed by atoms with E-state index in [1.165, 1.54) is 37.1 Å². The molecule has 0 spiro atoms. The van der Waals surface area contributed by atoms with Crippen LogP contribution < -0.4 is 10.6 Å². The fourth-order valence-corrected chi connectivity index (χ4v) is 3.91. The van der Waals surface area contributed by atoms with Gasteiger partial charge in [0.1, 0.15) is 0 Å². The quantitative estimate of drug-likeness (QED) is 0.532. The molecule has 2 heterocycles. The Kier molecular flexibility index (Phi) is 8.11.